The molecule has 25 heavy (non-hydrogen) atoms. The van der Waals surface area contributed by atoms with Gasteiger partial charge in [0.25, 0.3) is 0 Å². The predicted octanol–water partition coefficient (Wildman–Crippen LogP) is 4.48. The molecule has 2 aliphatic rings. The molecule has 2 rings (SSSR count). The Hall–Kier alpha value is -0.120. The van der Waals surface area contributed by atoms with Crippen molar-refractivity contribution in [1.29, 1.82) is 0 Å². The van der Waals surface area contributed by atoms with Crippen LogP contribution in [0.4, 0.5) is 0 Å². The molecule has 0 aromatic carbocycles. The lowest BCUT2D eigenvalue weighted by Gasteiger charge is -2.42. The van der Waals surface area contributed by atoms with E-state index in [-0.39, 0.29) is 0 Å². The molecule has 3 heteroatoms. The summed E-state index contributed by atoms with van der Waals surface area (Å²) < 4.78 is 0. The van der Waals surface area contributed by atoms with Gasteiger partial charge in [-0.2, -0.15) is 0 Å². The summed E-state index contributed by atoms with van der Waals surface area (Å²) in [5.74, 6) is 1.77. The molecule has 2 saturated heterocycles. The SMILES string of the molecule is CC(C)CC(C)(C)C1CCN(C(C)C)CC1.CC(C)N1CCNCC1. The van der Waals surface area contributed by atoms with E-state index in [4.69, 9.17) is 0 Å². The minimum Gasteiger partial charge on any atom is -0.314 e. The number of hydrogen-bond donors (Lipinski definition) is 1. The van der Waals surface area contributed by atoms with E-state index in [0.29, 0.717) is 5.41 Å². The largest absolute Gasteiger partial charge is 0.314 e. The van der Waals surface area contributed by atoms with Gasteiger partial charge in [0.15, 0.2) is 0 Å². The molecule has 0 amide bonds. The first-order valence-electron chi connectivity index (χ1n) is 10.8. The lowest BCUT2D eigenvalue weighted by Crippen LogP contribution is -2.46. The average Bonchev–Trinajstić information content (AvgIpc) is 2.55. The molecule has 3 nitrogen and oxygen atoms in total. The van der Waals surface area contributed by atoms with Gasteiger partial charge in [0, 0.05) is 38.3 Å². The fourth-order valence-corrected chi connectivity index (χ4v) is 4.61. The number of nitrogens with zero attached hydrogens (tertiary/aromatic N) is 2. The second kappa shape index (κ2) is 10.9. The van der Waals surface area contributed by atoms with Crippen molar-refractivity contribution >= 4 is 0 Å². The molecule has 0 bridgehead atoms. The van der Waals surface area contributed by atoms with Crippen LogP contribution < -0.4 is 5.32 Å². The number of rotatable bonds is 5. The Bertz CT molecular complexity index is 335. The van der Waals surface area contributed by atoms with E-state index in [1.54, 1.807) is 0 Å². The zero-order chi connectivity index (χ0) is 19.0. The van der Waals surface area contributed by atoms with Crippen LogP contribution in [0.5, 0.6) is 0 Å². The Morgan fingerprint density at radius 2 is 1.24 bits per heavy atom. The quantitative estimate of drug-likeness (QED) is 0.786. The van der Waals surface area contributed by atoms with E-state index in [1.807, 2.05) is 0 Å². The highest BCUT2D eigenvalue weighted by Crippen LogP contribution is 2.40. The van der Waals surface area contributed by atoms with Crippen LogP contribution in [0.25, 0.3) is 0 Å². The topological polar surface area (TPSA) is 18.5 Å². The normalized spacial score (nSPS) is 21.7. The average molecular weight is 354 g/mol. The fraction of sp³-hybridized carbons (Fsp3) is 1.00. The summed E-state index contributed by atoms with van der Waals surface area (Å²) in [4.78, 5) is 5.12. The van der Waals surface area contributed by atoms with Gasteiger partial charge < -0.3 is 10.2 Å². The molecule has 2 aliphatic heterocycles. The van der Waals surface area contributed by atoms with Gasteiger partial charge in [-0.1, -0.05) is 27.7 Å². The summed E-state index contributed by atoms with van der Waals surface area (Å²) in [5, 5.41) is 3.33. The highest BCUT2D eigenvalue weighted by molar-refractivity contribution is 4.85. The van der Waals surface area contributed by atoms with E-state index < -0.39 is 0 Å². The van der Waals surface area contributed by atoms with E-state index >= 15 is 0 Å². The summed E-state index contributed by atoms with van der Waals surface area (Å²) in [5.41, 5.74) is 0.539. The maximum absolute atomic E-state index is 3.33. The molecule has 0 saturated carbocycles. The summed E-state index contributed by atoms with van der Waals surface area (Å²) >= 11 is 0. The standard InChI is InChI=1S/C15H31N.C7H16N2/c1-12(2)11-15(5,6)14-7-9-16(10-8-14)13(3)4;1-7(2)9-5-3-8-4-6-9/h12-14H,7-11H2,1-6H3;7-8H,3-6H2,1-2H3. The van der Waals surface area contributed by atoms with Crippen molar-refractivity contribution in [2.24, 2.45) is 17.3 Å². The number of likely N-dealkylation sites (tertiary alicyclic amines) is 1. The van der Waals surface area contributed by atoms with Gasteiger partial charge in [0.2, 0.25) is 0 Å². The summed E-state index contributed by atoms with van der Waals surface area (Å²) in [6.07, 6.45) is 4.18. The van der Waals surface area contributed by atoms with E-state index in [9.17, 15) is 0 Å². The second-order valence-electron chi connectivity index (χ2n) is 9.87. The van der Waals surface area contributed by atoms with E-state index in [2.05, 4.69) is 70.5 Å². The molecular formula is C22H47N3. The van der Waals surface area contributed by atoms with Gasteiger partial charge in [-0.05, 0) is 77.3 Å². The number of piperazine rings is 1. The minimum atomic E-state index is 0.539. The molecule has 0 radical (unpaired) electrons. The van der Waals surface area contributed by atoms with Gasteiger partial charge in [0.05, 0.1) is 0 Å². The fourth-order valence-electron chi connectivity index (χ4n) is 4.61. The first-order valence-corrected chi connectivity index (χ1v) is 10.8. The molecular weight excluding hydrogens is 306 g/mol. The Labute approximate surface area is 158 Å². The zero-order valence-corrected chi connectivity index (χ0v) is 18.6. The van der Waals surface area contributed by atoms with Crippen molar-refractivity contribution in [3.63, 3.8) is 0 Å². The number of piperidine rings is 1. The van der Waals surface area contributed by atoms with Crippen LogP contribution in [0.1, 0.15) is 74.7 Å². The molecule has 0 aliphatic carbocycles. The van der Waals surface area contributed by atoms with Crippen LogP contribution in [0.15, 0.2) is 0 Å². The molecule has 0 atom stereocenters. The molecule has 0 aromatic heterocycles. The van der Waals surface area contributed by atoms with Crippen LogP contribution in [0.2, 0.25) is 0 Å². The maximum atomic E-state index is 3.33. The summed E-state index contributed by atoms with van der Waals surface area (Å²) in [7, 11) is 0. The van der Waals surface area contributed by atoms with Gasteiger partial charge in [-0.15, -0.1) is 0 Å². The minimum absolute atomic E-state index is 0.539. The van der Waals surface area contributed by atoms with Crippen LogP contribution in [0, 0.1) is 17.3 Å². The second-order valence-corrected chi connectivity index (χ2v) is 9.87. The van der Waals surface area contributed by atoms with Gasteiger partial charge in [-0.3, -0.25) is 4.90 Å². The van der Waals surface area contributed by atoms with E-state index in [0.717, 1.165) is 37.0 Å². The van der Waals surface area contributed by atoms with Gasteiger partial charge >= 0.3 is 0 Å². The van der Waals surface area contributed by atoms with Gasteiger partial charge in [-0.25, -0.2) is 0 Å². The summed E-state index contributed by atoms with van der Waals surface area (Å²) in [6, 6.07) is 1.46. The summed E-state index contributed by atoms with van der Waals surface area (Å²) in [6.45, 7) is 26.2. The lowest BCUT2D eigenvalue weighted by molar-refractivity contribution is 0.0702. The number of hydrogen-bond acceptors (Lipinski definition) is 3. The Kier molecular flexibility index (Phi) is 9.98. The third kappa shape index (κ3) is 8.41. The Morgan fingerprint density at radius 1 is 0.800 bits per heavy atom. The molecule has 150 valence electrons. The zero-order valence-electron chi connectivity index (χ0n) is 18.6. The predicted molar refractivity (Wildman–Crippen MR) is 112 cm³/mol. The highest BCUT2D eigenvalue weighted by Gasteiger charge is 2.33. The smallest absolute Gasteiger partial charge is 0.0110 e. The van der Waals surface area contributed by atoms with Crippen molar-refractivity contribution in [3.05, 3.63) is 0 Å². The van der Waals surface area contributed by atoms with Crippen molar-refractivity contribution in [2.45, 2.75) is 86.7 Å². The molecule has 2 heterocycles. The maximum Gasteiger partial charge on any atom is 0.0110 e. The van der Waals surface area contributed by atoms with Crippen LogP contribution in [0.3, 0.4) is 0 Å². The molecule has 2 fully saturated rings. The Morgan fingerprint density at radius 3 is 1.60 bits per heavy atom. The van der Waals surface area contributed by atoms with Crippen molar-refractivity contribution in [1.82, 2.24) is 15.1 Å². The van der Waals surface area contributed by atoms with Crippen LogP contribution in [-0.2, 0) is 0 Å². The number of nitrogens with one attached hydrogen (secondary N) is 1. The molecule has 0 spiro atoms. The van der Waals surface area contributed by atoms with Crippen LogP contribution >= 0.6 is 0 Å². The van der Waals surface area contributed by atoms with E-state index in [1.165, 1.54) is 45.4 Å². The third-order valence-corrected chi connectivity index (χ3v) is 6.18. The molecule has 0 aromatic rings. The monoisotopic (exact) mass is 353 g/mol. The first-order chi connectivity index (χ1) is 11.6. The first kappa shape index (κ1) is 22.9. The third-order valence-electron chi connectivity index (χ3n) is 6.18. The molecule has 1 N–H and O–H groups in total. The van der Waals surface area contributed by atoms with Crippen molar-refractivity contribution < 1.29 is 0 Å². The van der Waals surface area contributed by atoms with Crippen molar-refractivity contribution in [3.8, 4) is 0 Å². The highest BCUT2D eigenvalue weighted by atomic mass is 15.2. The Balaban J connectivity index is 0.000000293. The molecule has 0 unspecified atom stereocenters. The van der Waals surface area contributed by atoms with Crippen molar-refractivity contribution in [2.75, 3.05) is 39.3 Å². The lowest BCUT2D eigenvalue weighted by atomic mass is 9.69. The van der Waals surface area contributed by atoms with Crippen LogP contribution in [-0.4, -0.2) is 61.2 Å². The van der Waals surface area contributed by atoms with Gasteiger partial charge in [0.1, 0.15) is 0 Å².